The molecule has 108 valence electrons. The molecule has 1 fully saturated rings. The number of nitrogens with zero attached hydrogens (tertiary/aromatic N) is 2. The summed E-state index contributed by atoms with van der Waals surface area (Å²) in [7, 11) is 0. The molecule has 2 N–H and O–H groups in total. The predicted octanol–water partition coefficient (Wildman–Crippen LogP) is 3.55. The molecule has 1 aromatic rings. The Morgan fingerprint density at radius 1 is 1.42 bits per heavy atom. The second-order valence-electron chi connectivity index (χ2n) is 7.77. The highest BCUT2D eigenvalue weighted by Gasteiger charge is 2.40. The molecule has 0 aliphatic heterocycles. The van der Waals surface area contributed by atoms with Crippen LogP contribution in [0.3, 0.4) is 0 Å². The highest BCUT2D eigenvalue weighted by atomic mass is 15.3. The normalized spacial score (nSPS) is 30.8. The first-order valence-corrected chi connectivity index (χ1v) is 7.52. The maximum absolute atomic E-state index is 6.69. The van der Waals surface area contributed by atoms with E-state index in [0.717, 1.165) is 25.0 Å². The van der Waals surface area contributed by atoms with Crippen LogP contribution in [0.5, 0.6) is 0 Å². The van der Waals surface area contributed by atoms with Gasteiger partial charge in [0.15, 0.2) is 0 Å². The van der Waals surface area contributed by atoms with Crippen molar-refractivity contribution in [3.8, 4) is 0 Å². The van der Waals surface area contributed by atoms with Crippen LogP contribution in [-0.2, 0) is 6.42 Å². The van der Waals surface area contributed by atoms with E-state index in [1.54, 1.807) is 0 Å². The molecule has 3 nitrogen and oxygen atoms in total. The summed E-state index contributed by atoms with van der Waals surface area (Å²) in [6.07, 6.45) is 6.47. The van der Waals surface area contributed by atoms with E-state index < -0.39 is 0 Å². The lowest BCUT2D eigenvalue weighted by Gasteiger charge is -2.45. The van der Waals surface area contributed by atoms with Gasteiger partial charge in [-0.05, 0) is 50.5 Å². The monoisotopic (exact) mass is 263 g/mol. The molecule has 19 heavy (non-hydrogen) atoms. The highest BCUT2D eigenvalue weighted by Crippen LogP contribution is 2.43. The Labute approximate surface area is 117 Å². The van der Waals surface area contributed by atoms with E-state index in [2.05, 4.69) is 52.0 Å². The van der Waals surface area contributed by atoms with Gasteiger partial charge in [-0.3, -0.25) is 4.68 Å². The van der Waals surface area contributed by atoms with Crippen molar-refractivity contribution in [3.63, 3.8) is 0 Å². The Kier molecular flexibility index (Phi) is 3.78. The maximum Gasteiger partial charge on any atom is 0.0643 e. The van der Waals surface area contributed by atoms with Crippen LogP contribution in [0.2, 0.25) is 0 Å². The topological polar surface area (TPSA) is 43.8 Å². The second-order valence-corrected chi connectivity index (χ2v) is 7.77. The minimum Gasteiger partial charge on any atom is -0.325 e. The van der Waals surface area contributed by atoms with Gasteiger partial charge >= 0.3 is 0 Å². The third-order valence-corrected chi connectivity index (χ3v) is 4.21. The highest BCUT2D eigenvalue weighted by molar-refractivity contribution is 5.09. The molecule has 1 aliphatic carbocycles. The number of nitrogens with two attached hydrogens (primary N) is 1. The summed E-state index contributed by atoms with van der Waals surface area (Å²) in [5.74, 6) is 0.709. The number of aromatic nitrogens is 2. The number of hydrogen-bond donors (Lipinski definition) is 1. The molecule has 2 unspecified atom stereocenters. The average Bonchev–Trinajstić information content (AvgIpc) is 2.60. The zero-order valence-electron chi connectivity index (χ0n) is 13.1. The zero-order chi connectivity index (χ0) is 14.3. The van der Waals surface area contributed by atoms with Crippen LogP contribution >= 0.6 is 0 Å². The van der Waals surface area contributed by atoms with Crippen LogP contribution in [0.1, 0.15) is 65.6 Å². The van der Waals surface area contributed by atoms with Gasteiger partial charge in [-0.25, -0.2) is 0 Å². The summed E-state index contributed by atoms with van der Waals surface area (Å²) in [4.78, 5) is 0. The van der Waals surface area contributed by atoms with Crippen LogP contribution < -0.4 is 5.73 Å². The quantitative estimate of drug-likeness (QED) is 0.906. The van der Waals surface area contributed by atoms with E-state index >= 15 is 0 Å². The Balaban J connectivity index is 2.11. The predicted molar refractivity (Wildman–Crippen MR) is 80.0 cm³/mol. The van der Waals surface area contributed by atoms with Crippen molar-refractivity contribution < 1.29 is 0 Å². The third kappa shape index (κ3) is 3.59. The fraction of sp³-hybridized carbons (Fsp3) is 0.812. The number of rotatable bonds is 3. The maximum atomic E-state index is 6.69. The lowest BCUT2D eigenvalue weighted by Crippen LogP contribution is -2.50. The van der Waals surface area contributed by atoms with Gasteiger partial charge in [0.05, 0.1) is 5.69 Å². The van der Waals surface area contributed by atoms with Gasteiger partial charge in [-0.1, -0.05) is 20.8 Å². The first-order valence-electron chi connectivity index (χ1n) is 7.52. The van der Waals surface area contributed by atoms with Gasteiger partial charge in [0.1, 0.15) is 0 Å². The van der Waals surface area contributed by atoms with Crippen molar-refractivity contribution in [1.29, 1.82) is 0 Å². The Morgan fingerprint density at radius 2 is 2.11 bits per heavy atom. The lowest BCUT2D eigenvalue weighted by molar-refractivity contribution is 0.107. The van der Waals surface area contributed by atoms with Crippen LogP contribution in [-0.4, -0.2) is 15.3 Å². The molecule has 1 heterocycles. The van der Waals surface area contributed by atoms with Crippen molar-refractivity contribution in [1.82, 2.24) is 9.78 Å². The molecule has 2 rings (SSSR count). The Morgan fingerprint density at radius 3 is 2.63 bits per heavy atom. The summed E-state index contributed by atoms with van der Waals surface area (Å²) in [5, 5.41) is 4.66. The van der Waals surface area contributed by atoms with Gasteiger partial charge in [-0.15, -0.1) is 0 Å². The summed E-state index contributed by atoms with van der Waals surface area (Å²) in [5.41, 5.74) is 8.10. The summed E-state index contributed by atoms with van der Waals surface area (Å²) in [6, 6.07) is 2.55. The fourth-order valence-electron chi connectivity index (χ4n) is 4.06. The molecule has 0 spiro atoms. The summed E-state index contributed by atoms with van der Waals surface area (Å²) in [6.45, 7) is 11.3. The SMILES string of the molecule is CC1CC(C)(C)CC(N)(Cc2ccn(C(C)C)n2)C1. The van der Waals surface area contributed by atoms with Gasteiger partial charge in [0.2, 0.25) is 0 Å². The lowest BCUT2D eigenvalue weighted by atomic mass is 9.63. The van der Waals surface area contributed by atoms with Crippen LogP contribution in [0.25, 0.3) is 0 Å². The molecular formula is C16H29N3. The molecule has 0 radical (unpaired) electrons. The second kappa shape index (κ2) is 4.93. The van der Waals surface area contributed by atoms with E-state index in [4.69, 9.17) is 5.73 Å². The summed E-state index contributed by atoms with van der Waals surface area (Å²) >= 11 is 0. The minimum atomic E-state index is -0.0860. The van der Waals surface area contributed by atoms with Crippen molar-refractivity contribution in [3.05, 3.63) is 18.0 Å². The molecule has 0 saturated heterocycles. The van der Waals surface area contributed by atoms with E-state index in [9.17, 15) is 0 Å². The van der Waals surface area contributed by atoms with Crippen LogP contribution in [0, 0.1) is 11.3 Å². The molecule has 0 bridgehead atoms. The smallest absolute Gasteiger partial charge is 0.0643 e. The Hall–Kier alpha value is -0.830. The van der Waals surface area contributed by atoms with E-state index in [-0.39, 0.29) is 5.54 Å². The molecule has 1 saturated carbocycles. The largest absolute Gasteiger partial charge is 0.325 e. The molecular weight excluding hydrogens is 234 g/mol. The van der Waals surface area contributed by atoms with Gasteiger partial charge < -0.3 is 5.73 Å². The van der Waals surface area contributed by atoms with Crippen molar-refractivity contribution in [2.75, 3.05) is 0 Å². The number of hydrogen-bond acceptors (Lipinski definition) is 2. The van der Waals surface area contributed by atoms with E-state index in [1.807, 2.05) is 4.68 Å². The average molecular weight is 263 g/mol. The van der Waals surface area contributed by atoms with Crippen LogP contribution in [0.15, 0.2) is 12.3 Å². The van der Waals surface area contributed by atoms with E-state index in [0.29, 0.717) is 17.4 Å². The first kappa shape index (κ1) is 14.6. The van der Waals surface area contributed by atoms with Crippen molar-refractivity contribution in [2.45, 2.75) is 71.9 Å². The van der Waals surface area contributed by atoms with Gasteiger partial charge in [0.25, 0.3) is 0 Å². The van der Waals surface area contributed by atoms with Crippen molar-refractivity contribution in [2.24, 2.45) is 17.1 Å². The van der Waals surface area contributed by atoms with Gasteiger partial charge in [0, 0.05) is 24.2 Å². The third-order valence-electron chi connectivity index (χ3n) is 4.21. The van der Waals surface area contributed by atoms with E-state index in [1.165, 1.54) is 6.42 Å². The molecule has 3 heteroatoms. The van der Waals surface area contributed by atoms with Gasteiger partial charge in [-0.2, -0.15) is 5.10 Å². The molecule has 0 amide bonds. The molecule has 1 aromatic heterocycles. The standard InChI is InChI=1S/C16H29N3/c1-12(2)19-7-6-14(18-19)10-16(17)9-13(3)8-15(4,5)11-16/h6-7,12-13H,8-11,17H2,1-5H3. The van der Waals surface area contributed by atoms with Crippen LogP contribution in [0.4, 0.5) is 0 Å². The Bertz CT molecular complexity index is 433. The van der Waals surface area contributed by atoms with Crippen molar-refractivity contribution >= 4 is 0 Å². The summed E-state index contributed by atoms with van der Waals surface area (Å²) < 4.78 is 2.02. The zero-order valence-corrected chi connectivity index (χ0v) is 13.1. The first-order chi connectivity index (χ1) is 8.69. The minimum absolute atomic E-state index is 0.0860. The molecule has 2 atom stereocenters. The molecule has 0 aromatic carbocycles. The molecule has 1 aliphatic rings. The fourth-order valence-corrected chi connectivity index (χ4v) is 4.06.